The first-order valence-electron chi connectivity index (χ1n) is 22.3. The van der Waals surface area contributed by atoms with E-state index in [0.29, 0.717) is 10.8 Å². The van der Waals surface area contributed by atoms with Crippen LogP contribution in [0.2, 0.25) is 13.1 Å². The van der Waals surface area contributed by atoms with E-state index in [1.54, 1.807) is 11.1 Å². The number of halogens is 2. The molecule has 4 aliphatic rings. The van der Waals surface area contributed by atoms with Crippen LogP contribution in [0.5, 0.6) is 0 Å². The molecule has 4 heteroatoms. The predicted molar refractivity (Wildman–Crippen MR) is 253 cm³/mol. The van der Waals surface area contributed by atoms with E-state index in [0.717, 1.165) is 12.8 Å². The van der Waals surface area contributed by atoms with Gasteiger partial charge in [-0.1, -0.05) is 0 Å². The molecule has 0 amide bonds. The fourth-order valence-corrected chi connectivity index (χ4v) is 43.6. The van der Waals surface area contributed by atoms with Crippen LogP contribution in [0.15, 0.2) is 132 Å². The molecule has 6 aromatic rings. The van der Waals surface area contributed by atoms with E-state index in [-0.39, 0.29) is 7.25 Å². The molecule has 58 heavy (non-hydrogen) atoms. The Morgan fingerprint density at radius 3 is 1.28 bits per heavy atom. The third kappa shape index (κ3) is 5.97. The van der Waals surface area contributed by atoms with Gasteiger partial charge in [-0.25, -0.2) is 0 Å². The monoisotopic (exact) mass is 893 g/mol. The number of benzene rings is 6. The second-order valence-electron chi connectivity index (χ2n) is 19.1. The van der Waals surface area contributed by atoms with Crippen LogP contribution < -0.4 is 0 Å². The van der Waals surface area contributed by atoms with E-state index in [9.17, 15) is 17.0 Å². The molecule has 0 nitrogen and oxygen atoms in total. The average Bonchev–Trinajstić information content (AvgIpc) is 3.79. The Bertz CT molecular complexity index is 2460. The fraction of sp³-hybridized carbons (Fsp3) is 0.333. The van der Waals surface area contributed by atoms with Crippen molar-refractivity contribution in [2.45, 2.75) is 98.4 Å². The van der Waals surface area contributed by atoms with Crippen LogP contribution in [0.4, 0.5) is 0 Å². The zero-order chi connectivity index (χ0) is 39.9. The van der Waals surface area contributed by atoms with E-state index >= 15 is 0 Å². The van der Waals surface area contributed by atoms with E-state index in [2.05, 4.69) is 160 Å². The molecule has 0 radical (unpaired) electrons. The van der Waals surface area contributed by atoms with Gasteiger partial charge in [-0.2, -0.15) is 0 Å². The number of fused-ring (bicyclic) bond motifs is 4. The summed E-state index contributed by atoms with van der Waals surface area (Å²) in [6.45, 7) is 9.93. The Morgan fingerprint density at radius 1 is 0.517 bits per heavy atom. The van der Waals surface area contributed by atoms with Crippen molar-refractivity contribution in [1.82, 2.24) is 0 Å². The summed E-state index contributed by atoms with van der Waals surface area (Å²) in [5.74, 6) is -1.75. The number of hydrogen-bond acceptors (Lipinski definition) is 0. The van der Waals surface area contributed by atoms with Crippen molar-refractivity contribution < 1.29 is 15.6 Å². The Hall–Kier alpha value is -3.00. The molecule has 4 aliphatic carbocycles. The van der Waals surface area contributed by atoms with Crippen LogP contribution in [-0.4, -0.2) is 5.92 Å². The molecule has 6 aromatic carbocycles. The summed E-state index contributed by atoms with van der Waals surface area (Å²) in [6, 6.07) is 45.6. The van der Waals surface area contributed by atoms with Gasteiger partial charge in [0.05, 0.1) is 0 Å². The average molecular weight is 896 g/mol. The zero-order valence-electron chi connectivity index (χ0n) is 34.8. The SMILES string of the molecule is CCC1(CC2=Cc3c(-c4cccc5ccccc45)cccc3[CH]2[Zr]([Cl])([Cl])([CH]2C(CC3(CC)CCC3)=Cc3c(-c4cccc5ccccc45)cccc32)[SiH](C)C)CCC1. The first-order valence-corrected chi connectivity index (χ1v) is 38.6. The number of allylic oxidation sites excluding steroid dienone is 2. The Kier molecular flexibility index (Phi) is 9.84. The Morgan fingerprint density at radius 2 is 0.897 bits per heavy atom. The summed E-state index contributed by atoms with van der Waals surface area (Å²) in [7, 11) is 18.4. The van der Waals surface area contributed by atoms with Crippen molar-refractivity contribution in [1.29, 1.82) is 0 Å². The van der Waals surface area contributed by atoms with Gasteiger partial charge in [-0.3, -0.25) is 0 Å². The van der Waals surface area contributed by atoms with E-state index in [1.165, 1.54) is 117 Å². The topological polar surface area (TPSA) is 0 Å². The second kappa shape index (κ2) is 14.6. The van der Waals surface area contributed by atoms with Gasteiger partial charge < -0.3 is 0 Å². The molecule has 0 saturated heterocycles. The van der Waals surface area contributed by atoms with Crippen molar-refractivity contribution >= 4 is 56.6 Å². The summed E-state index contributed by atoms with van der Waals surface area (Å²) < 4.78 is 0.176. The van der Waals surface area contributed by atoms with Gasteiger partial charge >= 0.3 is 358 Å². The molecule has 2 saturated carbocycles. The molecule has 10 rings (SSSR count). The van der Waals surface area contributed by atoms with Crippen LogP contribution >= 0.6 is 17.0 Å². The molecule has 0 spiro atoms. The van der Waals surface area contributed by atoms with E-state index in [4.69, 9.17) is 0 Å². The van der Waals surface area contributed by atoms with Gasteiger partial charge in [0.1, 0.15) is 0 Å². The van der Waals surface area contributed by atoms with Crippen molar-refractivity contribution in [2.75, 3.05) is 0 Å². The van der Waals surface area contributed by atoms with Gasteiger partial charge in [0, 0.05) is 0 Å². The zero-order valence-corrected chi connectivity index (χ0v) is 39.9. The summed E-state index contributed by atoms with van der Waals surface area (Å²) >= 11 is -5.10. The molecule has 2 fully saturated rings. The normalized spacial score (nSPS) is 21.1. The molecule has 0 aromatic heterocycles. The Labute approximate surface area is 355 Å². The third-order valence-electron chi connectivity index (χ3n) is 16.2. The third-order valence-corrected chi connectivity index (χ3v) is 68.0. The first kappa shape index (κ1) is 39.2. The van der Waals surface area contributed by atoms with Gasteiger partial charge in [0.2, 0.25) is 0 Å². The summed E-state index contributed by atoms with van der Waals surface area (Å²) in [5, 5.41) is 5.18. The fourth-order valence-electron chi connectivity index (χ4n) is 12.3. The molecular weight excluding hydrogens is 839 g/mol. The molecular formula is C54H57Cl2SiZr. The van der Waals surface area contributed by atoms with Gasteiger partial charge in [0.25, 0.3) is 0 Å². The van der Waals surface area contributed by atoms with Crippen LogP contribution in [0, 0.1) is 10.8 Å². The number of hydrogen-bond donors (Lipinski definition) is 0. The van der Waals surface area contributed by atoms with Gasteiger partial charge in [-0.05, 0) is 0 Å². The first-order chi connectivity index (χ1) is 28.1. The summed E-state index contributed by atoms with van der Waals surface area (Å²) in [5.41, 5.74) is 14.6. The van der Waals surface area contributed by atoms with Crippen molar-refractivity contribution in [3.8, 4) is 22.3 Å². The molecule has 0 aliphatic heterocycles. The van der Waals surface area contributed by atoms with Gasteiger partial charge in [0.15, 0.2) is 0 Å². The number of rotatable bonds is 11. The maximum absolute atomic E-state index is 9.20. The molecule has 0 N–H and O–H groups in total. The predicted octanol–water partition coefficient (Wildman–Crippen LogP) is 16.8. The van der Waals surface area contributed by atoms with Crippen molar-refractivity contribution in [3.63, 3.8) is 0 Å². The summed E-state index contributed by atoms with van der Waals surface area (Å²) in [4.78, 5) is 0. The minimum atomic E-state index is -5.10. The van der Waals surface area contributed by atoms with Crippen LogP contribution in [0.1, 0.15) is 108 Å². The van der Waals surface area contributed by atoms with Crippen molar-refractivity contribution in [2.24, 2.45) is 10.8 Å². The molecule has 2 atom stereocenters. The summed E-state index contributed by atoms with van der Waals surface area (Å²) in [6.07, 6.45) is 17.8. The quantitative estimate of drug-likeness (QED) is 0.114. The van der Waals surface area contributed by atoms with Crippen molar-refractivity contribution in [3.05, 3.63) is 155 Å². The van der Waals surface area contributed by atoms with Gasteiger partial charge in [-0.15, -0.1) is 0 Å². The standard InChI is InChI=1S/2C26H25.C2H7Si.2ClH.Zr/c2*1-2-26(14-7-15-26)18-19-16-21-10-6-13-24(25(21)17-19)23-12-5-9-20-8-3-4-11-22(20)23;1-3-2;;;/h2*3-6,8-13,16-17H,2,7,14-15,18H2,1H3;3H,1-2H3;2*1H;/q;;;;;+2/p-2. The van der Waals surface area contributed by atoms with Crippen LogP contribution in [0.25, 0.3) is 56.0 Å². The van der Waals surface area contributed by atoms with Crippen LogP contribution in [-0.2, 0) is 15.6 Å². The maximum atomic E-state index is 9.20. The van der Waals surface area contributed by atoms with E-state index < -0.39 is 21.5 Å². The Balaban J connectivity index is 1.22. The molecule has 0 heterocycles. The molecule has 2 unspecified atom stereocenters. The van der Waals surface area contributed by atoms with E-state index in [1.807, 2.05) is 0 Å². The second-order valence-corrected chi connectivity index (χ2v) is 61.6. The minimum absolute atomic E-state index is 0.0879. The molecule has 295 valence electrons. The van der Waals surface area contributed by atoms with Crippen LogP contribution in [0.3, 0.4) is 0 Å². The molecule has 0 bridgehead atoms.